The van der Waals surface area contributed by atoms with Gasteiger partial charge in [0.15, 0.2) is 6.61 Å². The zero-order valence-electron chi connectivity index (χ0n) is 18.5. The van der Waals surface area contributed by atoms with Gasteiger partial charge in [0.25, 0.3) is 5.91 Å². The zero-order valence-corrected chi connectivity index (χ0v) is 18.5. The lowest BCUT2D eigenvalue weighted by molar-refractivity contribution is -0.162. The number of hydrogen-bond donors (Lipinski definition) is 1. The lowest BCUT2D eigenvalue weighted by atomic mass is 9.81. The van der Waals surface area contributed by atoms with Crippen LogP contribution in [0.25, 0.3) is 0 Å². The van der Waals surface area contributed by atoms with Crippen LogP contribution in [0.4, 0.5) is 5.69 Å². The quantitative estimate of drug-likeness (QED) is 0.558. The Morgan fingerprint density at radius 3 is 2.29 bits per heavy atom. The van der Waals surface area contributed by atoms with E-state index in [0.717, 1.165) is 35.3 Å². The molecule has 2 bridgehead atoms. The number of ether oxygens (including phenoxy) is 1. The molecule has 5 atom stereocenters. The van der Waals surface area contributed by atoms with Gasteiger partial charge in [0.2, 0.25) is 11.8 Å². The fraction of sp³-hybridized carbons (Fsp3) is 0.583. The average Bonchev–Trinajstić information content (AvgIpc) is 3.40. The van der Waals surface area contributed by atoms with Crippen LogP contribution in [-0.4, -0.2) is 41.2 Å². The molecule has 1 heterocycles. The first-order chi connectivity index (χ1) is 14.7. The lowest BCUT2D eigenvalue weighted by Crippen LogP contribution is -2.50. The Morgan fingerprint density at radius 1 is 1.10 bits per heavy atom. The first-order valence-corrected chi connectivity index (χ1v) is 11.1. The third-order valence-electron chi connectivity index (χ3n) is 7.34. The van der Waals surface area contributed by atoms with Gasteiger partial charge in [-0.15, -0.1) is 0 Å². The van der Waals surface area contributed by atoms with Crippen LogP contribution < -0.4 is 5.32 Å². The molecule has 3 fully saturated rings. The van der Waals surface area contributed by atoms with E-state index in [1.165, 1.54) is 0 Å². The second-order valence-electron chi connectivity index (χ2n) is 9.52. The Labute approximate surface area is 182 Å². The number of anilines is 1. The molecule has 7 nitrogen and oxygen atoms in total. The van der Waals surface area contributed by atoms with Crippen LogP contribution in [0, 0.1) is 43.4 Å². The van der Waals surface area contributed by atoms with Gasteiger partial charge in [-0.1, -0.05) is 26.0 Å². The fourth-order valence-electron chi connectivity index (χ4n) is 5.68. The number of nitrogens with zero attached hydrogens (tertiary/aromatic N) is 1. The van der Waals surface area contributed by atoms with Gasteiger partial charge in [0.05, 0.1) is 11.8 Å². The molecule has 2 saturated carbocycles. The molecule has 0 unspecified atom stereocenters. The van der Waals surface area contributed by atoms with E-state index in [1.54, 1.807) is 19.9 Å². The summed E-state index contributed by atoms with van der Waals surface area (Å²) in [4.78, 5) is 52.6. The predicted molar refractivity (Wildman–Crippen MR) is 114 cm³/mol. The van der Waals surface area contributed by atoms with E-state index in [2.05, 4.69) is 5.32 Å². The van der Waals surface area contributed by atoms with Crippen LogP contribution in [0.2, 0.25) is 0 Å². The largest absolute Gasteiger partial charge is 0.454 e. The average molecular weight is 427 g/mol. The molecule has 3 amide bonds. The number of carbonyl (C=O) groups excluding carboxylic acids is 4. The van der Waals surface area contributed by atoms with Gasteiger partial charge in [0.1, 0.15) is 6.04 Å². The summed E-state index contributed by atoms with van der Waals surface area (Å²) in [6.45, 7) is 6.95. The fourth-order valence-corrected chi connectivity index (χ4v) is 5.68. The van der Waals surface area contributed by atoms with Crippen LogP contribution in [0.1, 0.15) is 44.2 Å². The van der Waals surface area contributed by atoms with Crippen molar-refractivity contribution in [2.45, 2.75) is 53.0 Å². The van der Waals surface area contributed by atoms with Crippen LogP contribution >= 0.6 is 0 Å². The summed E-state index contributed by atoms with van der Waals surface area (Å²) in [5.74, 6) is -2.01. The maximum absolute atomic E-state index is 13.1. The van der Waals surface area contributed by atoms with Gasteiger partial charge >= 0.3 is 5.97 Å². The van der Waals surface area contributed by atoms with Crippen molar-refractivity contribution in [3.63, 3.8) is 0 Å². The van der Waals surface area contributed by atoms with Crippen molar-refractivity contribution < 1.29 is 23.9 Å². The number of imide groups is 1. The Kier molecular flexibility index (Phi) is 5.62. The number of likely N-dealkylation sites (tertiary alicyclic amines) is 1. The number of aryl methyl sites for hydroxylation is 1. The monoisotopic (exact) mass is 426 g/mol. The van der Waals surface area contributed by atoms with Crippen LogP contribution in [0.3, 0.4) is 0 Å². The highest BCUT2D eigenvalue weighted by Crippen LogP contribution is 2.56. The van der Waals surface area contributed by atoms with E-state index < -0.39 is 24.5 Å². The smallest absolute Gasteiger partial charge is 0.330 e. The van der Waals surface area contributed by atoms with Gasteiger partial charge in [-0.25, -0.2) is 4.79 Å². The van der Waals surface area contributed by atoms with E-state index in [-0.39, 0.29) is 41.4 Å². The standard InChI is InChI=1S/C24H30N2O5/c1-12(2)21(26-22(28)19-15-8-9-16(10-15)20(19)23(26)29)24(30)31-11-18(27)25-17-7-5-6-13(3)14(17)4/h5-7,12,15-16,19-21H,8-11H2,1-4H3,(H,25,27)/t15-,16-,19-,20+,21-/m0/s1. The number of rotatable bonds is 6. The highest BCUT2D eigenvalue weighted by Gasteiger charge is 2.62. The maximum Gasteiger partial charge on any atom is 0.330 e. The molecule has 2 aliphatic carbocycles. The molecule has 1 aromatic carbocycles. The summed E-state index contributed by atoms with van der Waals surface area (Å²) in [5, 5.41) is 2.75. The molecule has 0 aromatic heterocycles. The van der Waals surface area contributed by atoms with Crippen molar-refractivity contribution in [3.8, 4) is 0 Å². The van der Waals surface area contributed by atoms with Crippen LogP contribution in [-0.2, 0) is 23.9 Å². The number of benzene rings is 1. The number of nitrogens with one attached hydrogen (secondary N) is 1. The molecule has 4 rings (SSSR count). The molecular weight excluding hydrogens is 396 g/mol. The van der Waals surface area contributed by atoms with E-state index >= 15 is 0 Å². The predicted octanol–water partition coefficient (Wildman–Crippen LogP) is 2.84. The molecule has 3 aliphatic rings. The van der Waals surface area contributed by atoms with Crippen molar-refractivity contribution in [2.75, 3.05) is 11.9 Å². The van der Waals surface area contributed by atoms with Crippen molar-refractivity contribution in [3.05, 3.63) is 29.3 Å². The second kappa shape index (κ2) is 8.09. The summed E-state index contributed by atoms with van der Waals surface area (Å²) in [6, 6.07) is 4.57. The molecule has 1 aromatic rings. The summed E-state index contributed by atoms with van der Waals surface area (Å²) in [5.41, 5.74) is 2.64. The molecule has 166 valence electrons. The van der Waals surface area contributed by atoms with Gasteiger partial charge in [0, 0.05) is 5.69 Å². The second-order valence-corrected chi connectivity index (χ2v) is 9.52. The van der Waals surface area contributed by atoms with E-state index in [1.807, 2.05) is 26.0 Å². The van der Waals surface area contributed by atoms with Crippen LogP contribution in [0.5, 0.6) is 0 Å². The minimum Gasteiger partial charge on any atom is -0.454 e. The number of hydrogen-bond acceptors (Lipinski definition) is 5. The molecule has 1 N–H and O–H groups in total. The summed E-state index contributed by atoms with van der Waals surface area (Å²) < 4.78 is 5.27. The topological polar surface area (TPSA) is 92.8 Å². The number of esters is 1. The SMILES string of the molecule is Cc1cccc(NC(=O)COC(=O)[C@H](C(C)C)N2C(=O)[C@@H]3[C@H]4CC[C@@H](C4)[C@@H]3C2=O)c1C. The van der Waals surface area contributed by atoms with E-state index in [4.69, 9.17) is 4.74 Å². The third kappa shape index (κ3) is 3.64. The Morgan fingerprint density at radius 2 is 1.71 bits per heavy atom. The summed E-state index contributed by atoms with van der Waals surface area (Å²) in [6.07, 6.45) is 2.90. The summed E-state index contributed by atoms with van der Waals surface area (Å²) >= 11 is 0. The first kappa shape index (κ1) is 21.5. The maximum atomic E-state index is 13.1. The zero-order chi connectivity index (χ0) is 22.4. The van der Waals surface area contributed by atoms with Gasteiger partial charge in [-0.2, -0.15) is 0 Å². The highest BCUT2D eigenvalue weighted by molar-refractivity contribution is 6.08. The highest BCUT2D eigenvalue weighted by atomic mass is 16.5. The van der Waals surface area contributed by atoms with Crippen LogP contribution in [0.15, 0.2) is 18.2 Å². The molecule has 1 aliphatic heterocycles. The summed E-state index contributed by atoms with van der Waals surface area (Å²) in [7, 11) is 0. The molecule has 7 heteroatoms. The lowest BCUT2D eigenvalue weighted by Gasteiger charge is -2.28. The minimum absolute atomic E-state index is 0.238. The first-order valence-electron chi connectivity index (χ1n) is 11.1. The van der Waals surface area contributed by atoms with E-state index in [9.17, 15) is 19.2 Å². The van der Waals surface area contributed by atoms with Crippen molar-refractivity contribution in [1.29, 1.82) is 0 Å². The number of carbonyl (C=O) groups is 4. The molecule has 31 heavy (non-hydrogen) atoms. The minimum atomic E-state index is -1.00. The van der Waals surface area contributed by atoms with Gasteiger partial charge in [-0.3, -0.25) is 19.3 Å². The molecule has 0 radical (unpaired) electrons. The van der Waals surface area contributed by atoms with Crippen molar-refractivity contribution >= 4 is 29.4 Å². The van der Waals surface area contributed by atoms with Crippen molar-refractivity contribution in [1.82, 2.24) is 4.90 Å². The molecular formula is C24H30N2O5. The van der Waals surface area contributed by atoms with Crippen molar-refractivity contribution in [2.24, 2.45) is 29.6 Å². The van der Waals surface area contributed by atoms with Gasteiger partial charge in [-0.05, 0) is 68.1 Å². The Balaban J connectivity index is 1.42. The number of fused-ring (bicyclic) bond motifs is 5. The molecule has 1 saturated heterocycles. The third-order valence-corrected chi connectivity index (χ3v) is 7.34. The Hall–Kier alpha value is -2.70. The number of amides is 3. The van der Waals surface area contributed by atoms with E-state index in [0.29, 0.717) is 5.69 Å². The molecule has 0 spiro atoms. The van der Waals surface area contributed by atoms with Gasteiger partial charge < -0.3 is 10.1 Å². The Bertz CT molecular complexity index is 912. The normalized spacial score (nSPS) is 27.6.